The first-order valence-electron chi connectivity index (χ1n) is 9.81. The van der Waals surface area contributed by atoms with Crippen molar-refractivity contribution >= 4 is 18.0 Å². The number of hydrogen-bond donors (Lipinski definition) is 0. The van der Waals surface area contributed by atoms with Crippen LogP contribution in [0.5, 0.6) is 0 Å². The number of rotatable bonds is 6. The van der Waals surface area contributed by atoms with E-state index in [4.69, 9.17) is 4.74 Å². The fourth-order valence-corrected chi connectivity index (χ4v) is 3.48. The quantitative estimate of drug-likeness (QED) is 0.431. The Bertz CT molecular complexity index is 893. The van der Waals surface area contributed by atoms with Gasteiger partial charge < -0.3 is 9.64 Å². The molecule has 1 heterocycles. The van der Waals surface area contributed by atoms with Crippen LogP contribution in [-0.2, 0) is 20.7 Å². The van der Waals surface area contributed by atoms with Gasteiger partial charge >= 0.3 is 5.97 Å². The Labute approximate surface area is 171 Å². The Balaban J connectivity index is 1.45. The minimum atomic E-state index is -0.774. The zero-order valence-electron chi connectivity index (χ0n) is 16.3. The van der Waals surface area contributed by atoms with E-state index in [1.165, 1.54) is 11.6 Å². The van der Waals surface area contributed by atoms with E-state index in [9.17, 15) is 14.9 Å². The molecule has 29 heavy (non-hydrogen) atoms. The van der Waals surface area contributed by atoms with Gasteiger partial charge in [-0.2, -0.15) is 5.26 Å². The number of esters is 1. The third kappa shape index (κ3) is 6.05. The van der Waals surface area contributed by atoms with Crippen LogP contribution < -0.4 is 0 Å². The van der Waals surface area contributed by atoms with Crippen molar-refractivity contribution in [2.75, 3.05) is 19.7 Å². The molecule has 2 aromatic carbocycles. The number of carbonyl (C=O) groups excluding carboxylic acids is 2. The van der Waals surface area contributed by atoms with Crippen molar-refractivity contribution in [2.45, 2.75) is 19.3 Å². The second-order valence-corrected chi connectivity index (χ2v) is 7.17. The van der Waals surface area contributed by atoms with Crippen LogP contribution in [0.25, 0.3) is 6.08 Å². The maximum atomic E-state index is 12.4. The highest BCUT2D eigenvalue weighted by atomic mass is 16.5. The predicted molar refractivity (Wildman–Crippen MR) is 110 cm³/mol. The maximum absolute atomic E-state index is 12.4. The number of carbonyl (C=O) groups is 2. The maximum Gasteiger partial charge on any atom is 0.349 e. The topological polar surface area (TPSA) is 70.4 Å². The molecular formula is C24H24N2O3. The van der Waals surface area contributed by atoms with Crippen LogP contribution in [0.4, 0.5) is 0 Å². The van der Waals surface area contributed by atoms with Gasteiger partial charge in [-0.25, -0.2) is 4.79 Å². The zero-order chi connectivity index (χ0) is 20.5. The van der Waals surface area contributed by atoms with Crippen molar-refractivity contribution in [3.8, 4) is 6.07 Å². The van der Waals surface area contributed by atoms with Gasteiger partial charge in [0.05, 0.1) is 0 Å². The first-order valence-corrected chi connectivity index (χ1v) is 9.81. The molecule has 0 unspecified atom stereocenters. The summed E-state index contributed by atoms with van der Waals surface area (Å²) in [7, 11) is 0. The summed E-state index contributed by atoms with van der Waals surface area (Å²) in [6.07, 6.45) is 4.35. The summed E-state index contributed by atoms with van der Waals surface area (Å²) >= 11 is 0. The molecule has 0 aromatic heterocycles. The number of ether oxygens (including phenoxy) is 1. The monoisotopic (exact) mass is 388 g/mol. The molecule has 0 aliphatic carbocycles. The molecule has 5 heteroatoms. The molecule has 0 atom stereocenters. The van der Waals surface area contributed by atoms with E-state index in [0.717, 1.165) is 24.8 Å². The second kappa shape index (κ2) is 10.2. The highest BCUT2D eigenvalue weighted by Gasteiger charge is 2.24. The number of benzene rings is 2. The van der Waals surface area contributed by atoms with E-state index in [2.05, 4.69) is 12.1 Å². The number of nitriles is 1. The molecule has 1 fully saturated rings. The molecular weight excluding hydrogens is 364 g/mol. The summed E-state index contributed by atoms with van der Waals surface area (Å²) in [5, 5.41) is 9.21. The van der Waals surface area contributed by atoms with Crippen LogP contribution in [0.15, 0.2) is 66.2 Å². The van der Waals surface area contributed by atoms with Gasteiger partial charge in [-0.15, -0.1) is 0 Å². The van der Waals surface area contributed by atoms with Crippen molar-refractivity contribution < 1.29 is 14.3 Å². The molecule has 1 amide bonds. The molecule has 1 aliphatic heterocycles. The average Bonchev–Trinajstić information content (AvgIpc) is 2.77. The zero-order valence-corrected chi connectivity index (χ0v) is 16.3. The first-order chi connectivity index (χ1) is 14.2. The van der Waals surface area contributed by atoms with E-state index in [0.29, 0.717) is 19.0 Å². The third-order valence-corrected chi connectivity index (χ3v) is 5.11. The third-order valence-electron chi connectivity index (χ3n) is 5.11. The molecule has 0 spiro atoms. The molecule has 1 saturated heterocycles. The van der Waals surface area contributed by atoms with E-state index in [1.54, 1.807) is 17.0 Å². The molecule has 0 saturated carbocycles. The lowest BCUT2D eigenvalue weighted by atomic mass is 9.90. The molecule has 2 aromatic rings. The molecule has 3 rings (SSSR count). The van der Waals surface area contributed by atoms with E-state index >= 15 is 0 Å². The van der Waals surface area contributed by atoms with Gasteiger partial charge in [0.1, 0.15) is 11.6 Å². The Morgan fingerprint density at radius 1 is 1.03 bits per heavy atom. The summed E-state index contributed by atoms with van der Waals surface area (Å²) in [5.74, 6) is -0.430. The van der Waals surface area contributed by atoms with Crippen LogP contribution in [0.1, 0.15) is 24.0 Å². The first kappa shape index (κ1) is 20.3. The Morgan fingerprint density at radius 2 is 1.66 bits per heavy atom. The summed E-state index contributed by atoms with van der Waals surface area (Å²) in [6.45, 7) is 0.994. The predicted octanol–water partition coefficient (Wildman–Crippen LogP) is 3.62. The summed E-state index contributed by atoms with van der Waals surface area (Å²) in [5.41, 5.74) is 1.93. The van der Waals surface area contributed by atoms with Gasteiger partial charge in [-0.05, 0) is 42.4 Å². The average molecular weight is 388 g/mol. The second-order valence-electron chi connectivity index (χ2n) is 7.17. The highest BCUT2D eigenvalue weighted by Crippen LogP contribution is 2.21. The highest BCUT2D eigenvalue weighted by molar-refractivity contribution is 5.98. The minimum absolute atomic E-state index is 0.120. The number of hydrogen-bond acceptors (Lipinski definition) is 4. The number of likely N-dealkylation sites (tertiary alicyclic amines) is 1. The van der Waals surface area contributed by atoms with Gasteiger partial charge in [-0.3, -0.25) is 4.79 Å². The lowest BCUT2D eigenvalue weighted by Crippen LogP contribution is -2.41. The van der Waals surface area contributed by atoms with E-state index < -0.39 is 5.97 Å². The summed E-state index contributed by atoms with van der Waals surface area (Å²) < 4.78 is 5.08. The molecule has 148 valence electrons. The molecule has 1 aliphatic rings. The smallest absolute Gasteiger partial charge is 0.349 e. The van der Waals surface area contributed by atoms with Gasteiger partial charge in [0.25, 0.3) is 5.91 Å². The summed E-state index contributed by atoms with van der Waals surface area (Å²) in [4.78, 5) is 26.3. The SMILES string of the molecule is N#CC(=Cc1ccccc1)C(=O)OCC(=O)N1CCC(Cc2ccccc2)CC1. The van der Waals surface area contributed by atoms with Gasteiger partial charge in [0, 0.05) is 13.1 Å². The van der Waals surface area contributed by atoms with Crippen LogP contribution in [0.2, 0.25) is 0 Å². The molecule has 0 radical (unpaired) electrons. The van der Waals surface area contributed by atoms with E-state index in [1.807, 2.05) is 42.5 Å². The fraction of sp³-hybridized carbons (Fsp3) is 0.292. The van der Waals surface area contributed by atoms with Gasteiger partial charge in [-0.1, -0.05) is 60.7 Å². The number of nitrogens with zero attached hydrogens (tertiary/aromatic N) is 2. The Morgan fingerprint density at radius 3 is 2.28 bits per heavy atom. The summed E-state index contributed by atoms with van der Waals surface area (Å²) in [6, 6.07) is 21.3. The fourth-order valence-electron chi connectivity index (χ4n) is 3.48. The van der Waals surface area contributed by atoms with Crippen molar-refractivity contribution in [2.24, 2.45) is 5.92 Å². The molecule has 5 nitrogen and oxygen atoms in total. The number of piperidine rings is 1. The van der Waals surface area contributed by atoms with Gasteiger partial charge in [0.2, 0.25) is 0 Å². The largest absolute Gasteiger partial charge is 0.451 e. The lowest BCUT2D eigenvalue weighted by molar-refractivity contribution is -0.149. The van der Waals surface area contributed by atoms with Crippen LogP contribution in [-0.4, -0.2) is 36.5 Å². The van der Waals surface area contributed by atoms with E-state index in [-0.39, 0.29) is 18.1 Å². The standard InChI is InChI=1S/C24H24N2O3/c25-17-22(16-20-9-5-2-6-10-20)24(28)29-18-23(27)26-13-11-21(12-14-26)15-19-7-3-1-4-8-19/h1-10,16,21H,11-15,18H2. The van der Waals surface area contributed by atoms with Crippen molar-refractivity contribution in [1.29, 1.82) is 5.26 Å². The Kier molecular flexibility index (Phi) is 7.18. The number of amides is 1. The Hall–Kier alpha value is -3.39. The van der Waals surface area contributed by atoms with Crippen LogP contribution >= 0.6 is 0 Å². The molecule has 0 N–H and O–H groups in total. The van der Waals surface area contributed by atoms with Gasteiger partial charge in [0.15, 0.2) is 6.61 Å². The lowest BCUT2D eigenvalue weighted by Gasteiger charge is -2.32. The minimum Gasteiger partial charge on any atom is -0.451 e. The normalized spacial score (nSPS) is 14.9. The van der Waals surface area contributed by atoms with Crippen molar-refractivity contribution in [3.05, 3.63) is 77.4 Å². The van der Waals surface area contributed by atoms with Crippen molar-refractivity contribution in [1.82, 2.24) is 4.90 Å². The molecule has 0 bridgehead atoms. The van der Waals surface area contributed by atoms with Crippen molar-refractivity contribution in [3.63, 3.8) is 0 Å². The van der Waals surface area contributed by atoms with Crippen LogP contribution in [0, 0.1) is 17.2 Å². The van der Waals surface area contributed by atoms with Crippen LogP contribution in [0.3, 0.4) is 0 Å².